The first-order chi connectivity index (χ1) is 5.76. The van der Waals surface area contributed by atoms with E-state index in [1.165, 1.54) is 0 Å². The molecule has 0 heterocycles. The summed E-state index contributed by atoms with van der Waals surface area (Å²) in [5.74, 6) is 0. The van der Waals surface area contributed by atoms with Crippen LogP contribution in [-0.2, 0) is 9.53 Å². The molecule has 0 amide bonds. The van der Waals surface area contributed by atoms with E-state index >= 15 is 0 Å². The van der Waals surface area contributed by atoms with Crippen LogP contribution in [0, 0.1) is 4.91 Å². The molecule has 0 saturated carbocycles. The highest BCUT2D eigenvalue weighted by Gasteiger charge is 2.10. The van der Waals surface area contributed by atoms with E-state index in [1.54, 1.807) is 0 Å². The molecule has 0 saturated heterocycles. The van der Waals surface area contributed by atoms with Crippen molar-refractivity contribution < 1.29 is 9.53 Å². The van der Waals surface area contributed by atoms with E-state index in [-0.39, 0.29) is 6.54 Å². The van der Waals surface area contributed by atoms with Gasteiger partial charge in [0.15, 0.2) is 6.29 Å². The summed E-state index contributed by atoms with van der Waals surface area (Å²) in [6.07, 6.45) is 0.776. The van der Waals surface area contributed by atoms with Gasteiger partial charge in [0, 0.05) is 6.61 Å². The molecule has 0 aromatic rings. The quantitative estimate of drug-likeness (QED) is 0.329. The van der Waals surface area contributed by atoms with Gasteiger partial charge in [0.2, 0.25) is 0 Å². The third kappa shape index (κ3) is 3.98. The molecule has 1 unspecified atom stereocenters. The first-order valence-corrected chi connectivity index (χ1v) is 3.80. The SMILES string of the molecule is C=C(CN=O)C(C=O)OCCC. The highest BCUT2D eigenvalue weighted by molar-refractivity contribution is 5.61. The average molecular weight is 171 g/mol. The summed E-state index contributed by atoms with van der Waals surface area (Å²) in [5, 5.41) is 2.62. The minimum absolute atomic E-state index is 0.0624. The van der Waals surface area contributed by atoms with E-state index < -0.39 is 6.10 Å². The monoisotopic (exact) mass is 171 g/mol. The Hall–Kier alpha value is -1.03. The van der Waals surface area contributed by atoms with E-state index in [4.69, 9.17) is 4.74 Å². The van der Waals surface area contributed by atoms with Gasteiger partial charge in [-0.15, -0.1) is 0 Å². The minimum Gasteiger partial charge on any atom is -0.366 e. The van der Waals surface area contributed by atoms with Crippen LogP contribution in [0.1, 0.15) is 13.3 Å². The Labute approximate surface area is 71.6 Å². The van der Waals surface area contributed by atoms with Crippen LogP contribution in [0.15, 0.2) is 17.3 Å². The Kier molecular flexibility index (Phi) is 6.09. The second-order valence-electron chi connectivity index (χ2n) is 2.37. The van der Waals surface area contributed by atoms with E-state index in [9.17, 15) is 9.70 Å². The van der Waals surface area contributed by atoms with Gasteiger partial charge < -0.3 is 9.53 Å². The van der Waals surface area contributed by atoms with Gasteiger partial charge in [-0.25, -0.2) is 0 Å². The van der Waals surface area contributed by atoms with Crippen LogP contribution >= 0.6 is 0 Å². The van der Waals surface area contributed by atoms with Gasteiger partial charge in [-0.1, -0.05) is 18.7 Å². The molecule has 4 heteroatoms. The van der Waals surface area contributed by atoms with E-state index in [0.29, 0.717) is 18.5 Å². The first-order valence-electron chi connectivity index (χ1n) is 3.80. The number of nitroso groups, excluding NO2 is 1. The van der Waals surface area contributed by atoms with Crippen LogP contribution in [0.25, 0.3) is 0 Å². The van der Waals surface area contributed by atoms with Crippen LogP contribution < -0.4 is 0 Å². The van der Waals surface area contributed by atoms with Gasteiger partial charge in [0.25, 0.3) is 0 Å². The Balaban J connectivity index is 3.86. The summed E-state index contributed by atoms with van der Waals surface area (Å²) in [6.45, 7) is 5.88. The number of carbonyl (C=O) groups excluding carboxylic acids is 1. The van der Waals surface area contributed by atoms with Crippen molar-refractivity contribution in [3.8, 4) is 0 Å². The maximum Gasteiger partial charge on any atom is 0.153 e. The van der Waals surface area contributed by atoms with E-state index in [2.05, 4.69) is 11.8 Å². The molecule has 12 heavy (non-hydrogen) atoms. The molecule has 1 atom stereocenters. The maximum absolute atomic E-state index is 10.4. The molecule has 4 nitrogen and oxygen atoms in total. The predicted octanol–water partition coefficient (Wildman–Crippen LogP) is 1.30. The molecule has 0 fully saturated rings. The van der Waals surface area contributed by atoms with Crippen LogP contribution in [0.5, 0.6) is 0 Å². The lowest BCUT2D eigenvalue weighted by Gasteiger charge is -2.10. The number of nitrogens with zero attached hydrogens (tertiary/aromatic N) is 1. The second-order valence-corrected chi connectivity index (χ2v) is 2.37. The molecular weight excluding hydrogens is 158 g/mol. The third-order valence-corrected chi connectivity index (χ3v) is 1.30. The number of hydrogen-bond acceptors (Lipinski definition) is 4. The smallest absolute Gasteiger partial charge is 0.153 e. The molecule has 0 aliphatic rings. The molecule has 0 radical (unpaired) electrons. The Morgan fingerprint density at radius 2 is 2.42 bits per heavy atom. The Bertz CT molecular complexity index is 168. The molecule has 0 aliphatic heterocycles. The Morgan fingerprint density at radius 1 is 1.75 bits per heavy atom. The lowest BCUT2D eigenvalue weighted by molar-refractivity contribution is -0.116. The largest absolute Gasteiger partial charge is 0.366 e. The molecule has 0 aromatic carbocycles. The van der Waals surface area contributed by atoms with Crippen molar-refractivity contribution in [3.05, 3.63) is 17.1 Å². The summed E-state index contributed by atoms with van der Waals surface area (Å²) < 4.78 is 5.09. The summed E-state index contributed by atoms with van der Waals surface area (Å²) in [4.78, 5) is 20.2. The summed E-state index contributed by atoms with van der Waals surface area (Å²) >= 11 is 0. The lowest BCUT2D eigenvalue weighted by Crippen LogP contribution is -2.19. The van der Waals surface area contributed by atoms with Crippen molar-refractivity contribution in [3.63, 3.8) is 0 Å². The molecule has 0 bridgehead atoms. The fraction of sp³-hybridized carbons (Fsp3) is 0.625. The van der Waals surface area contributed by atoms with Crippen LogP contribution in [-0.4, -0.2) is 25.5 Å². The highest BCUT2D eigenvalue weighted by atomic mass is 16.5. The van der Waals surface area contributed by atoms with Gasteiger partial charge in [-0.3, -0.25) is 0 Å². The van der Waals surface area contributed by atoms with Gasteiger partial charge in [0.1, 0.15) is 12.6 Å². The van der Waals surface area contributed by atoms with Gasteiger partial charge in [-0.05, 0) is 12.0 Å². The molecule has 0 aromatic heterocycles. The molecule has 0 spiro atoms. The number of rotatable bonds is 7. The normalized spacial score (nSPS) is 12.1. The zero-order valence-electron chi connectivity index (χ0n) is 7.16. The van der Waals surface area contributed by atoms with E-state index in [1.807, 2.05) is 6.92 Å². The van der Waals surface area contributed by atoms with Crippen molar-refractivity contribution in [2.24, 2.45) is 5.18 Å². The molecule has 68 valence electrons. The van der Waals surface area contributed by atoms with Crippen molar-refractivity contribution >= 4 is 6.29 Å². The standard InChI is InChI=1S/C8H13NO3/c1-3-4-12-8(6-10)7(2)5-9-11/h6,8H,2-5H2,1H3. The van der Waals surface area contributed by atoms with Gasteiger partial charge in [-0.2, -0.15) is 4.91 Å². The summed E-state index contributed by atoms with van der Waals surface area (Å²) in [7, 11) is 0. The summed E-state index contributed by atoms with van der Waals surface area (Å²) in [5.41, 5.74) is 0.411. The maximum atomic E-state index is 10.4. The fourth-order valence-corrected chi connectivity index (χ4v) is 0.671. The third-order valence-electron chi connectivity index (χ3n) is 1.30. The van der Waals surface area contributed by atoms with Crippen molar-refractivity contribution in [1.82, 2.24) is 0 Å². The second kappa shape index (κ2) is 6.67. The molecular formula is C8H13NO3. The van der Waals surface area contributed by atoms with Crippen molar-refractivity contribution in [2.45, 2.75) is 19.4 Å². The van der Waals surface area contributed by atoms with Crippen LogP contribution in [0.2, 0.25) is 0 Å². The van der Waals surface area contributed by atoms with Gasteiger partial charge >= 0.3 is 0 Å². The van der Waals surface area contributed by atoms with E-state index in [0.717, 1.165) is 6.42 Å². The Morgan fingerprint density at radius 3 is 2.83 bits per heavy atom. The number of ether oxygens (including phenoxy) is 1. The molecule has 0 aliphatic carbocycles. The number of carbonyl (C=O) groups is 1. The molecule has 0 rings (SSSR count). The van der Waals surface area contributed by atoms with Gasteiger partial charge in [0.05, 0.1) is 0 Å². The van der Waals surface area contributed by atoms with Crippen LogP contribution in [0.3, 0.4) is 0 Å². The number of aldehydes is 1. The average Bonchev–Trinajstić information content (AvgIpc) is 2.06. The molecule has 0 N–H and O–H groups in total. The highest BCUT2D eigenvalue weighted by Crippen LogP contribution is 2.03. The van der Waals surface area contributed by atoms with Crippen molar-refractivity contribution in [2.75, 3.05) is 13.2 Å². The summed E-state index contributed by atoms with van der Waals surface area (Å²) in [6, 6.07) is 0. The zero-order chi connectivity index (χ0) is 9.40. The predicted molar refractivity (Wildman–Crippen MR) is 45.9 cm³/mol. The minimum atomic E-state index is -0.678. The lowest BCUT2D eigenvalue weighted by atomic mass is 10.2. The van der Waals surface area contributed by atoms with Crippen LogP contribution in [0.4, 0.5) is 0 Å². The number of hydrogen-bond donors (Lipinski definition) is 0. The fourth-order valence-electron chi connectivity index (χ4n) is 0.671. The van der Waals surface area contributed by atoms with Crippen molar-refractivity contribution in [1.29, 1.82) is 0 Å². The zero-order valence-corrected chi connectivity index (χ0v) is 7.16. The first kappa shape index (κ1) is 11.0. The topological polar surface area (TPSA) is 55.7 Å².